The Balaban J connectivity index is 1.69. The zero-order valence-corrected chi connectivity index (χ0v) is 26.3. The molecule has 15 heteroatoms. The number of benzene rings is 2. The summed E-state index contributed by atoms with van der Waals surface area (Å²) in [6.45, 7) is 5.90. The van der Waals surface area contributed by atoms with Crippen molar-refractivity contribution in [3.05, 3.63) is 54.7 Å². The summed E-state index contributed by atoms with van der Waals surface area (Å²) in [7, 11) is 8.54. The molecule has 2 aromatic carbocycles. The number of hydrogen-bond donors (Lipinski definition) is 3. The van der Waals surface area contributed by atoms with Crippen LogP contribution in [0, 0.1) is 0 Å². The van der Waals surface area contributed by atoms with Crippen molar-refractivity contribution in [2.45, 2.75) is 18.7 Å². The fraction of sp³-hybridized carbons (Fsp3) is 0.387. The number of likely N-dealkylation sites (N-methyl/N-ethyl adjacent to an activating group) is 2. The maximum atomic E-state index is 14.1. The van der Waals surface area contributed by atoms with E-state index in [1.54, 1.807) is 24.3 Å². The molecule has 1 atom stereocenters. The molecule has 2 heterocycles. The van der Waals surface area contributed by atoms with Crippen molar-refractivity contribution in [3.63, 3.8) is 0 Å². The van der Waals surface area contributed by atoms with Crippen LogP contribution in [-0.4, -0.2) is 88.5 Å². The summed E-state index contributed by atoms with van der Waals surface area (Å²) < 4.78 is 64.7. The van der Waals surface area contributed by atoms with Crippen molar-refractivity contribution >= 4 is 40.4 Å². The van der Waals surface area contributed by atoms with Crippen LogP contribution in [0.15, 0.2) is 49.2 Å². The van der Waals surface area contributed by atoms with Crippen molar-refractivity contribution in [2.24, 2.45) is 0 Å². The van der Waals surface area contributed by atoms with E-state index in [-0.39, 0.29) is 23.5 Å². The van der Waals surface area contributed by atoms with E-state index in [0.717, 1.165) is 12.5 Å². The molecule has 1 fully saturated rings. The molecule has 46 heavy (non-hydrogen) atoms. The summed E-state index contributed by atoms with van der Waals surface area (Å²) in [5.74, 6) is -0.0354. The van der Waals surface area contributed by atoms with E-state index in [4.69, 9.17) is 18.9 Å². The van der Waals surface area contributed by atoms with Gasteiger partial charge in [0.25, 0.3) is 0 Å². The first-order valence-corrected chi connectivity index (χ1v) is 14.3. The van der Waals surface area contributed by atoms with Gasteiger partial charge in [-0.25, -0.2) is 4.98 Å². The minimum atomic E-state index is -4.79. The number of nitrogens with zero attached hydrogens (tertiary/aromatic N) is 4. The van der Waals surface area contributed by atoms with Gasteiger partial charge in [0.05, 0.1) is 50.2 Å². The van der Waals surface area contributed by atoms with Crippen LogP contribution >= 0.6 is 0 Å². The van der Waals surface area contributed by atoms with Gasteiger partial charge in [-0.3, -0.25) is 4.79 Å². The highest BCUT2D eigenvalue weighted by molar-refractivity contribution is 6.02. The first-order valence-electron chi connectivity index (χ1n) is 14.3. The fourth-order valence-electron chi connectivity index (χ4n) is 4.55. The van der Waals surface area contributed by atoms with Crippen LogP contribution in [0.2, 0.25) is 0 Å². The van der Waals surface area contributed by atoms with Crippen LogP contribution < -0.4 is 35.1 Å². The number of ether oxygens (including phenoxy) is 4. The van der Waals surface area contributed by atoms with Crippen molar-refractivity contribution < 1.29 is 36.9 Å². The van der Waals surface area contributed by atoms with Crippen molar-refractivity contribution in [1.82, 2.24) is 14.9 Å². The Kier molecular flexibility index (Phi) is 11.1. The Morgan fingerprint density at radius 3 is 2.43 bits per heavy atom. The topological polar surface area (TPSA) is 122 Å². The van der Waals surface area contributed by atoms with Crippen LogP contribution in [0.1, 0.15) is 12.0 Å². The highest BCUT2D eigenvalue weighted by Crippen LogP contribution is 2.41. The molecular formula is C31H38F3N7O5. The Morgan fingerprint density at radius 1 is 1.07 bits per heavy atom. The molecule has 0 aliphatic carbocycles. The fourth-order valence-corrected chi connectivity index (χ4v) is 4.55. The molecule has 1 aliphatic heterocycles. The summed E-state index contributed by atoms with van der Waals surface area (Å²) in [5.41, 5.74) is 0.322. The molecule has 0 saturated carbocycles. The second-order valence-corrected chi connectivity index (χ2v) is 10.7. The van der Waals surface area contributed by atoms with E-state index in [2.05, 4.69) is 32.5 Å². The number of amides is 1. The Hall–Kier alpha value is -4.76. The number of rotatable bonds is 14. The summed E-state index contributed by atoms with van der Waals surface area (Å²) in [6, 6.07) is 8.12. The second-order valence-electron chi connectivity index (χ2n) is 10.7. The standard InChI is InChI=1S/C31H38F3N7O5/c1-7-28(42)36-23-15-24(27(44-6)16-25(23)41(4)12-11-40(2)3)37-29-21(31(32,33)34)17-35-30(39-29)38-22-9-8-19(14-26(22)43-5)46-20-10-13-45-18-20/h7-9,14-17,20H,1,10-13,18H2,2-6H3,(H,36,42)(H2,35,37,38,39). The Morgan fingerprint density at radius 2 is 1.80 bits per heavy atom. The Labute approximate surface area is 265 Å². The Bertz CT molecular complexity index is 1530. The van der Waals surface area contributed by atoms with Crippen LogP contribution in [0.3, 0.4) is 0 Å². The molecule has 3 N–H and O–H groups in total. The van der Waals surface area contributed by atoms with E-state index in [1.165, 1.54) is 20.3 Å². The van der Waals surface area contributed by atoms with Crippen molar-refractivity contribution in [3.8, 4) is 17.2 Å². The van der Waals surface area contributed by atoms with E-state index < -0.39 is 23.5 Å². The summed E-state index contributed by atoms with van der Waals surface area (Å²) in [4.78, 5) is 24.3. The zero-order valence-electron chi connectivity index (χ0n) is 26.3. The van der Waals surface area contributed by atoms with E-state index in [9.17, 15) is 18.0 Å². The monoisotopic (exact) mass is 645 g/mol. The SMILES string of the molecule is C=CC(=O)Nc1cc(Nc2nc(Nc3ccc(OC4CCOC4)cc3OC)ncc2C(F)(F)F)c(OC)cc1N(C)CCN(C)C. The number of aromatic nitrogens is 2. The summed E-state index contributed by atoms with van der Waals surface area (Å²) >= 11 is 0. The molecule has 0 bridgehead atoms. The van der Waals surface area contributed by atoms with Gasteiger partial charge in [-0.2, -0.15) is 18.2 Å². The molecule has 1 aromatic heterocycles. The van der Waals surface area contributed by atoms with Gasteiger partial charge >= 0.3 is 6.18 Å². The van der Waals surface area contributed by atoms with E-state index >= 15 is 0 Å². The average Bonchev–Trinajstić information content (AvgIpc) is 3.53. The van der Waals surface area contributed by atoms with Gasteiger partial charge in [0, 0.05) is 44.9 Å². The third-order valence-corrected chi connectivity index (χ3v) is 7.01. The lowest BCUT2D eigenvalue weighted by molar-refractivity contribution is -0.137. The predicted molar refractivity (Wildman–Crippen MR) is 170 cm³/mol. The van der Waals surface area contributed by atoms with Crippen LogP contribution in [0.4, 0.5) is 47.7 Å². The number of hydrogen-bond acceptors (Lipinski definition) is 11. The summed E-state index contributed by atoms with van der Waals surface area (Å²) in [6.07, 6.45) is -2.33. The number of nitrogens with one attached hydrogen (secondary N) is 3. The molecule has 0 radical (unpaired) electrons. The number of anilines is 6. The normalized spacial score (nSPS) is 14.5. The quantitative estimate of drug-likeness (QED) is 0.198. The van der Waals surface area contributed by atoms with Gasteiger partial charge in [-0.05, 0) is 38.4 Å². The molecule has 1 amide bonds. The maximum Gasteiger partial charge on any atom is 0.421 e. The third kappa shape index (κ3) is 8.69. The highest BCUT2D eigenvalue weighted by atomic mass is 19.4. The van der Waals surface area contributed by atoms with E-state index in [1.807, 2.05) is 30.9 Å². The lowest BCUT2D eigenvalue weighted by Gasteiger charge is -2.26. The largest absolute Gasteiger partial charge is 0.494 e. The molecule has 4 rings (SSSR count). The second kappa shape index (κ2) is 15.0. The number of carbonyl (C=O) groups excluding carboxylic acids is 1. The average molecular weight is 646 g/mol. The van der Waals surface area contributed by atoms with Crippen LogP contribution in [0.25, 0.3) is 0 Å². The van der Waals surface area contributed by atoms with Crippen LogP contribution in [-0.2, 0) is 15.7 Å². The van der Waals surface area contributed by atoms with Crippen LogP contribution in [0.5, 0.6) is 17.2 Å². The van der Waals surface area contributed by atoms with E-state index in [0.29, 0.717) is 61.1 Å². The predicted octanol–water partition coefficient (Wildman–Crippen LogP) is 5.29. The molecule has 12 nitrogen and oxygen atoms in total. The van der Waals surface area contributed by atoms with Gasteiger partial charge in [0.15, 0.2) is 0 Å². The van der Waals surface area contributed by atoms with Crippen molar-refractivity contribution in [2.75, 3.05) is 82.5 Å². The molecule has 3 aromatic rings. The smallest absolute Gasteiger partial charge is 0.421 e. The lowest BCUT2D eigenvalue weighted by atomic mass is 10.1. The highest BCUT2D eigenvalue weighted by Gasteiger charge is 2.36. The first-order chi connectivity index (χ1) is 21.9. The third-order valence-electron chi connectivity index (χ3n) is 7.01. The number of carbonyl (C=O) groups is 1. The van der Waals surface area contributed by atoms with Gasteiger partial charge in [-0.1, -0.05) is 6.58 Å². The molecule has 1 aliphatic rings. The first kappa shape index (κ1) is 34.1. The zero-order chi connectivity index (χ0) is 33.4. The minimum Gasteiger partial charge on any atom is -0.494 e. The van der Waals surface area contributed by atoms with Gasteiger partial charge in [0.1, 0.15) is 34.7 Å². The summed E-state index contributed by atoms with van der Waals surface area (Å²) in [5, 5.41) is 8.40. The molecule has 1 saturated heterocycles. The minimum absolute atomic E-state index is 0.0782. The molecule has 1 unspecified atom stereocenters. The van der Waals surface area contributed by atoms with Gasteiger partial charge in [-0.15, -0.1) is 0 Å². The van der Waals surface area contributed by atoms with Gasteiger partial charge in [0.2, 0.25) is 11.9 Å². The molecule has 0 spiro atoms. The number of halogens is 3. The molecule has 248 valence electrons. The van der Waals surface area contributed by atoms with Gasteiger partial charge < -0.3 is 44.7 Å². The van der Waals surface area contributed by atoms with Crippen molar-refractivity contribution in [1.29, 1.82) is 0 Å². The molecular weight excluding hydrogens is 607 g/mol. The maximum absolute atomic E-state index is 14.1. The number of alkyl halides is 3. The number of methoxy groups -OCH3 is 2. The lowest BCUT2D eigenvalue weighted by Crippen LogP contribution is -2.29.